The van der Waals surface area contributed by atoms with Gasteiger partial charge in [0.1, 0.15) is 0 Å². The van der Waals surface area contributed by atoms with Crippen molar-refractivity contribution in [1.82, 2.24) is 0 Å². The Bertz CT molecular complexity index is 1490. The molecule has 8 rings (SSSR count). The predicted octanol–water partition coefficient (Wildman–Crippen LogP) is 17.1. The molecule has 0 bridgehead atoms. The van der Waals surface area contributed by atoms with E-state index >= 15 is 0 Å². The minimum absolute atomic E-state index is 0.320. The van der Waals surface area contributed by atoms with Crippen molar-refractivity contribution in [2.24, 2.45) is 57.2 Å². The van der Waals surface area contributed by atoms with Crippen LogP contribution in [0.1, 0.15) is 224 Å². The summed E-state index contributed by atoms with van der Waals surface area (Å²) in [4.78, 5) is 0. The first kappa shape index (κ1) is 45.5. The van der Waals surface area contributed by atoms with Crippen molar-refractivity contribution < 1.29 is 0 Å². The summed E-state index contributed by atoms with van der Waals surface area (Å²) in [5.74, 6) is 5.61. The minimum Gasteiger partial charge on any atom is -0.0620 e. The highest BCUT2D eigenvalue weighted by molar-refractivity contribution is 5.45. The third-order valence-electron chi connectivity index (χ3n) is 19.3. The van der Waals surface area contributed by atoms with Crippen LogP contribution in [0.3, 0.4) is 0 Å². The normalized spacial score (nSPS) is 32.9. The summed E-state index contributed by atoms with van der Waals surface area (Å²) in [7, 11) is 0. The van der Waals surface area contributed by atoms with Gasteiger partial charge in [0.05, 0.1) is 0 Å². The number of hydrogen-bond donors (Lipinski definition) is 0. The van der Waals surface area contributed by atoms with Gasteiger partial charge in [-0.1, -0.05) is 199 Å². The molecule has 0 spiro atoms. The fourth-order valence-corrected chi connectivity index (χ4v) is 14.1. The lowest BCUT2D eigenvalue weighted by molar-refractivity contribution is -0.0444. The number of fused-ring (bicyclic) bond motifs is 4. The maximum Gasteiger partial charge on any atom is -0.00667 e. The fraction of sp³-hybridized carbons (Fsp3) is 0.786. The molecule has 0 heteroatoms. The molecule has 0 heterocycles. The summed E-state index contributed by atoms with van der Waals surface area (Å²) in [5, 5.41) is 0. The van der Waals surface area contributed by atoms with Crippen molar-refractivity contribution in [3.05, 3.63) is 70.8 Å². The van der Waals surface area contributed by atoms with Gasteiger partial charge >= 0.3 is 0 Å². The van der Waals surface area contributed by atoms with Crippen molar-refractivity contribution in [3.63, 3.8) is 0 Å². The first-order valence-electron chi connectivity index (χ1n) is 23.8. The van der Waals surface area contributed by atoms with E-state index in [-0.39, 0.29) is 0 Å². The van der Waals surface area contributed by atoms with Crippen LogP contribution in [0, 0.1) is 57.2 Å². The summed E-state index contributed by atoms with van der Waals surface area (Å²) in [6, 6.07) is 17.8. The van der Waals surface area contributed by atoms with Crippen LogP contribution >= 0.6 is 0 Å². The third kappa shape index (κ3) is 8.41. The van der Waals surface area contributed by atoms with E-state index in [0.717, 1.165) is 29.6 Å². The molecule has 0 saturated heterocycles. The van der Waals surface area contributed by atoms with Crippen LogP contribution in [0.5, 0.6) is 0 Å². The Balaban J connectivity index is 0.000000143. The van der Waals surface area contributed by atoms with E-state index in [1.807, 2.05) is 0 Å². The van der Waals surface area contributed by atoms with Gasteiger partial charge in [0.25, 0.3) is 0 Å². The van der Waals surface area contributed by atoms with Gasteiger partial charge in [0, 0.05) is 0 Å². The molecule has 0 radical (unpaired) electrons. The second-order valence-electron chi connectivity index (χ2n) is 25.4. The van der Waals surface area contributed by atoms with Crippen molar-refractivity contribution in [3.8, 4) is 0 Å². The van der Waals surface area contributed by atoms with Crippen LogP contribution in [0.4, 0.5) is 0 Å². The van der Waals surface area contributed by atoms with Crippen molar-refractivity contribution in [2.45, 2.75) is 223 Å². The van der Waals surface area contributed by atoms with Crippen LogP contribution in [-0.2, 0) is 21.7 Å². The number of rotatable bonds is 0. The second-order valence-corrected chi connectivity index (χ2v) is 25.4. The lowest BCUT2D eigenvalue weighted by Gasteiger charge is -2.54. The molecule has 4 fully saturated rings. The maximum absolute atomic E-state index is 2.51. The van der Waals surface area contributed by atoms with Crippen molar-refractivity contribution in [2.75, 3.05) is 0 Å². The molecule has 6 aliphatic rings. The third-order valence-corrected chi connectivity index (χ3v) is 19.3. The van der Waals surface area contributed by atoms with Gasteiger partial charge in [-0.15, -0.1) is 0 Å². The summed E-state index contributed by atoms with van der Waals surface area (Å²) in [6.07, 6.45) is 17.4. The standard InChI is InChI=1S/C14H26.C14H20.C14H26.C14H20/c2*1-10-13(2,3)11-8-6-7-9-12(11)14(10,4)5;2*1-13(2)9-10-14(3,4)12-8-6-5-7-11(12)13/h10-12H,6-9H2,1-5H3;6-10H,1-5H3;11-12H,5-10H2,1-4H3;5-8H,9-10H2,1-4H3. The molecule has 0 aliphatic heterocycles. The Morgan fingerprint density at radius 2 is 0.643 bits per heavy atom. The van der Waals surface area contributed by atoms with E-state index < -0.39 is 0 Å². The summed E-state index contributed by atoms with van der Waals surface area (Å²) >= 11 is 0. The van der Waals surface area contributed by atoms with Gasteiger partial charge in [0.15, 0.2) is 0 Å². The molecule has 6 aliphatic carbocycles. The van der Waals surface area contributed by atoms with Crippen molar-refractivity contribution >= 4 is 0 Å². The topological polar surface area (TPSA) is 0 Å². The van der Waals surface area contributed by atoms with Crippen LogP contribution < -0.4 is 0 Å². The molecule has 4 unspecified atom stereocenters. The molecule has 0 nitrogen and oxygen atoms in total. The van der Waals surface area contributed by atoms with E-state index in [1.165, 1.54) is 88.2 Å². The summed E-state index contributed by atoms with van der Waals surface area (Å²) in [6.45, 7) is 43.8. The average Bonchev–Trinajstić information content (AvgIpc) is 3.38. The zero-order valence-corrected chi connectivity index (χ0v) is 40.6. The lowest BCUT2D eigenvalue weighted by atomic mass is 9.51. The Morgan fingerprint density at radius 1 is 0.357 bits per heavy atom. The summed E-state index contributed by atoms with van der Waals surface area (Å²) in [5.41, 5.74) is 9.96. The van der Waals surface area contributed by atoms with Crippen LogP contribution in [0.2, 0.25) is 0 Å². The van der Waals surface area contributed by atoms with Crippen LogP contribution in [0.25, 0.3) is 0 Å². The van der Waals surface area contributed by atoms with E-state index in [9.17, 15) is 0 Å². The molecule has 4 atom stereocenters. The molecular weight excluding hydrogens is 673 g/mol. The molecule has 4 saturated carbocycles. The van der Waals surface area contributed by atoms with Gasteiger partial charge in [0.2, 0.25) is 0 Å². The van der Waals surface area contributed by atoms with E-state index in [4.69, 9.17) is 0 Å². The highest BCUT2D eigenvalue weighted by Gasteiger charge is 2.57. The first-order valence-corrected chi connectivity index (χ1v) is 23.8. The SMILES string of the molecule is CC1(C)CCC(C)(C)C2CCCCC21.CC1(C)CCC(C)(C)c2ccccc21.CC1C(C)(C)C2CCCCC2C1(C)C.CC1C(C)(C)c2ccccc2C1(C)C. The molecule has 0 amide bonds. The zero-order chi connectivity index (χ0) is 41.9. The number of benzene rings is 2. The maximum atomic E-state index is 2.51. The molecule has 316 valence electrons. The van der Waals surface area contributed by atoms with Gasteiger partial charge in [-0.2, -0.15) is 0 Å². The largest absolute Gasteiger partial charge is 0.0620 e. The van der Waals surface area contributed by atoms with E-state index in [0.29, 0.717) is 49.2 Å². The Kier molecular flexibility index (Phi) is 12.8. The average molecular weight is 765 g/mol. The molecule has 2 aromatic rings. The first-order chi connectivity index (χ1) is 25.6. The Hall–Kier alpha value is -1.56. The van der Waals surface area contributed by atoms with E-state index in [1.54, 1.807) is 11.1 Å². The van der Waals surface area contributed by atoms with Crippen LogP contribution in [-0.4, -0.2) is 0 Å². The molecule has 56 heavy (non-hydrogen) atoms. The zero-order valence-electron chi connectivity index (χ0n) is 40.6. The van der Waals surface area contributed by atoms with Gasteiger partial charge < -0.3 is 0 Å². The highest BCUT2D eigenvalue weighted by atomic mass is 14.6. The quantitative estimate of drug-likeness (QED) is 0.251. The Morgan fingerprint density at radius 3 is 0.964 bits per heavy atom. The monoisotopic (exact) mass is 765 g/mol. The second kappa shape index (κ2) is 15.8. The lowest BCUT2D eigenvalue weighted by Crippen LogP contribution is -2.45. The van der Waals surface area contributed by atoms with Gasteiger partial charge in [-0.05, 0) is 152 Å². The van der Waals surface area contributed by atoms with Gasteiger partial charge in [-0.25, -0.2) is 0 Å². The van der Waals surface area contributed by atoms with E-state index in [2.05, 4.69) is 173 Å². The highest BCUT2D eigenvalue weighted by Crippen LogP contribution is 2.64. The van der Waals surface area contributed by atoms with Crippen molar-refractivity contribution in [1.29, 1.82) is 0 Å². The fourth-order valence-electron chi connectivity index (χ4n) is 14.1. The van der Waals surface area contributed by atoms with Crippen LogP contribution in [0.15, 0.2) is 48.5 Å². The van der Waals surface area contributed by atoms with Gasteiger partial charge in [-0.3, -0.25) is 0 Å². The minimum atomic E-state index is 0.320. The molecule has 2 aromatic carbocycles. The Labute approximate surface area is 350 Å². The predicted molar refractivity (Wildman–Crippen MR) is 248 cm³/mol. The number of hydrogen-bond acceptors (Lipinski definition) is 0. The molecule has 0 aromatic heterocycles. The smallest absolute Gasteiger partial charge is 0.00667 e. The molecular formula is C56H92. The molecule has 0 N–H and O–H groups in total. The summed E-state index contributed by atoms with van der Waals surface area (Å²) < 4.78 is 0.